The smallest absolute Gasteiger partial charge is 0.134 e. The molecule has 0 aliphatic heterocycles. The van der Waals surface area contributed by atoms with E-state index >= 15 is 0 Å². The van der Waals surface area contributed by atoms with Crippen LogP contribution in [-0.4, -0.2) is 14.8 Å². The highest BCUT2D eigenvalue weighted by Gasteiger charge is 2.41. The minimum atomic E-state index is -2.51. The molecule has 0 saturated heterocycles. The van der Waals surface area contributed by atoms with Crippen LogP contribution in [0.3, 0.4) is 0 Å². The summed E-state index contributed by atoms with van der Waals surface area (Å²) in [5.74, 6) is 0. The maximum Gasteiger partial charge on any atom is 0.310 e. The maximum atomic E-state index is 6.49. The van der Waals surface area contributed by atoms with Crippen LogP contribution in [0.2, 0.25) is 0 Å². The third-order valence-corrected chi connectivity index (χ3v) is 19.4. The fourth-order valence-corrected chi connectivity index (χ4v) is 16.0. The molecule has 258 valence electrons. The first kappa shape index (κ1) is 41.2. The average Bonchev–Trinajstić information content (AvgIpc) is 3.14. The lowest BCUT2D eigenvalue weighted by Crippen LogP contribution is -2.74. The first-order valence-electron chi connectivity index (χ1n) is 15.7. The Bertz CT molecular complexity index is 1940. The Labute approximate surface area is 347 Å². The molecule has 0 heterocycles. The van der Waals surface area contributed by atoms with Gasteiger partial charge in [-0.25, -0.2) is 0 Å². The third kappa shape index (κ3) is 10.8. The Morgan fingerprint density at radius 3 is 0.824 bits per heavy atom. The molecular weight excluding hydrogens is 963 g/mol. The second-order valence-corrected chi connectivity index (χ2v) is 25.0. The van der Waals surface area contributed by atoms with Gasteiger partial charge in [0.2, 0.25) is 0 Å². The van der Waals surface area contributed by atoms with Gasteiger partial charge < -0.3 is 0 Å². The van der Waals surface area contributed by atoms with Crippen LogP contribution in [0.5, 0.6) is 0 Å². The molecule has 8 heteroatoms. The Morgan fingerprint density at radius 2 is 0.549 bits per heavy atom. The van der Waals surface area contributed by atoms with Gasteiger partial charge in [0.15, 0.2) is 8.07 Å². The topological polar surface area (TPSA) is 0 Å². The van der Waals surface area contributed by atoms with Crippen LogP contribution in [0.1, 0.15) is 7.43 Å². The van der Waals surface area contributed by atoms with Crippen molar-refractivity contribution in [3.8, 4) is 0 Å². The summed E-state index contributed by atoms with van der Waals surface area (Å²) in [7, 11) is -2.42. The number of rotatable bonds is 6. The molecular formula is C43H36Br4Cl2Si2. The summed E-state index contributed by atoms with van der Waals surface area (Å²) in [6.07, 6.45) is 0. The highest BCUT2D eigenvalue weighted by atomic mass is 79.9. The number of halogens is 6. The molecule has 0 nitrogen and oxygen atoms in total. The van der Waals surface area contributed by atoms with Crippen molar-refractivity contribution in [1.29, 1.82) is 0 Å². The molecule has 0 aliphatic rings. The summed E-state index contributed by atoms with van der Waals surface area (Å²) in [5.41, 5.74) is 0. The molecule has 0 spiro atoms. The highest BCUT2D eigenvalue weighted by Crippen LogP contribution is 2.17. The van der Waals surface area contributed by atoms with Gasteiger partial charge in [-0.05, 0) is 73.6 Å². The van der Waals surface area contributed by atoms with Crippen LogP contribution in [0.25, 0.3) is 0 Å². The van der Waals surface area contributed by atoms with Crippen molar-refractivity contribution in [2.24, 2.45) is 0 Å². The number of hydrogen-bond donors (Lipinski definition) is 0. The largest absolute Gasteiger partial charge is 0.310 e. The molecule has 51 heavy (non-hydrogen) atoms. The molecule has 0 saturated carbocycles. The van der Waals surface area contributed by atoms with Gasteiger partial charge >= 0.3 is 6.69 Å². The minimum absolute atomic E-state index is 0. The molecule has 0 N–H and O–H groups in total. The van der Waals surface area contributed by atoms with Gasteiger partial charge in [-0.15, -0.1) is 22.2 Å². The van der Waals surface area contributed by atoms with Crippen molar-refractivity contribution in [1.82, 2.24) is 0 Å². The van der Waals surface area contributed by atoms with E-state index in [1.807, 2.05) is 84.9 Å². The van der Waals surface area contributed by atoms with E-state index in [0.29, 0.717) is 0 Å². The lowest BCUT2D eigenvalue weighted by Gasteiger charge is -2.34. The lowest BCUT2D eigenvalue weighted by atomic mass is 10.3. The van der Waals surface area contributed by atoms with Crippen LogP contribution in [0, 0.1) is 0 Å². The minimum Gasteiger partial charge on any atom is -0.134 e. The van der Waals surface area contributed by atoms with Crippen molar-refractivity contribution >= 4 is 132 Å². The van der Waals surface area contributed by atoms with Crippen LogP contribution < -0.4 is 31.1 Å². The highest BCUT2D eigenvalue weighted by molar-refractivity contribution is 9.11. The monoisotopic (exact) mass is 994 g/mol. The molecule has 0 aliphatic carbocycles. The zero-order valence-electron chi connectivity index (χ0n) is 26.7. The second kappa shape index (κ2) is 20.1. The molecule has 0 radical (unpaired) electrons. The number of hydrogen-bond acceptors (Lipinski definition) is 0. The Kier molecular flexibility index (Phi) is 16.2. The Hall–Kier alpha value is -2.53. The zero-order chi connectivity index (χ0) is 35.4. The SMILES string of the molecule is Brc1cccc(Br)c1.Brc1cccc([Si](c2ccccc2)(c2ccccc2)c2cccc(Br)c2)c1.C.Cl[Si](Cl)(c1ccccc1)c1ccccc1. The summed E-state index contributed by atoms with van der Waals surface area (Å²) < 4.78 is 4.43. The zero-order valence-corrected chi connectivity index (χ0v) is 36.6. The standard InChI is InChI=1S/C24H18Br2Si.C12H10Cl2Si.C6H4Br2.CH4/c25-19-9-7-15-23(17-19)27(21-11-3-1-4-12-21,22-13-5-2-6-14-22)24-16-8-10-20(26)18-24;13-15(14,11-7-3-1-4-8-11)12-9-5-2-6-10-12;7-5-2-1-3-6(8)4-5;/h1-18H;1-10H;1-4H;1H4. The van der Waals surface area contributed by atoms with E-state index in [9.17, 15) is 0 Å². The van der Waals surface area contributed by atoms with Gasteiger partial charge in [0.1, 0.15) is 0 Å². The van der Waals surface area contributed by atoms with Crippen LogP contribution in [0.15, 0.2) is 212 Å². The molecule has 0 atom stereocenters. The first-order valence-corrected chi connectivity index (χ1v) is 24.9. The van der Waals surface area contributed by atoms with Crippen LogP contribution >= 0.6 is 85.9 Å². The van der Waals surface area contributed by atoms with E-state index in [1.54, 1.807) is 0 Å². The van der Waals surface area contributed by atoms with Gasteiger partial charge in [-0.1, -0.05) is 223 Å². The van der Waals surface area contributed by atoms with Crippen LogP contribution in [0.4, 0.5) is 0 Å². The van der Waals surface area contributed by atoms with Gasteiger partial charge in [0.05, 0.1) is 0 Å². The van der Waals surface area contributed by atoms with E-state index in [4.69, 9.17) is 22.2 Å². The van der Waals surface area contributed by atoms with Gasteiger partial charge in [-0.3, -0.25) is 0 Å². The number of benzene rings is 7. The fraction of sp³-hybridized carbons (Fsp3) is 0.0233. The van der Waals surface area contributed by atoms with Gasteiger partial charge in [0, 0.05) is 17.9 Å². The molecule has 0 amide bonds. The summed E-state index contributed by atoms with van der Waals surface area (Å²) >= 11 is 27.0. The van der Waals surface area contributed by atoms with Crippen molar-refractivity contribution in [3.05, 3.63) is 212 Å². The van der Waals surface area contributed by atoms with Crippen molar-refractivity contribution < 1.29 is 0 Å². The van der Waals surface area contributed by atoms with Crippen molar-refractivity contribution in [2.75, 3.05) is 0 Å². The van der Waals surface area contributed by atoms with E-state index in [-0.39, 0.29) is 7.43 Å². The Morgan fingerprint density at radius 1 is 0.294 bits per heavy atom. The van der Waals surface area contributed by atoms with Gasteiger partial charge in [0.25, 0.3) is 0 Å². The van der Waals surface area contributed by atoms with E-state index < -0.39 is 14.8 Å². The molecule has 7 aromatic carbocycles. The Balaban J connectivity index is 0.000000203. The molecule has 0 bridgehead atoms. The predicted octanol–water partition coefficient (Wildman–Crippen LogP) is 11.2. The lowest BCUT2D eigenvalue weighted by molar-refractivity contribution is 1.60. The van der Waals surface area contributed by atoms with E-state index in [2.05, 4.69) is 173 Å². The third-order valence-electron chi connectivity index (χ3n) is 7.99. The summed E-state index contributed by atoms with van der Waals surface area (Å²) in [6.45, 7) is -2.51. The van der Waals surface area contributed by atoms with E-state index in [1.165, 1.54) is 20.7 Å². The fourth-order valence-electron chi connectivity index (χ4n) is 5.74. The van der Waals surface area contributed by atoms with E-state index in [0.717, 1.165) is 28.3 Å². The summed E-state index contributed by atoms with van der Waals surface area (Å²) in [6, 6.07) is 67.2. The molecule has 7 aromatic rings. The van der Waals surface area contributed by atoms with Gasteiger partial charge in [-0.2, -0.15) is 0 Å². The summed E-state index contributed by atoms with van der Waals surface area (Å²) in [4.78, 5) is 0. The summed E-state index contributed by atoms with van der Waals surface area (Å²) in [5, 5.41) is 7.55. The quantitative estimate of drug-likeness (QED) is 0.0885. The van der Waals surface area contributed by atoms with Crippen molar-refractivity contribution in [2.45, 2.75) is 7.43 Å². The molecule has 0 fully saturated rings. The molecule has 0 aromatic heterocycles. The maximum absolute atomic E-state index is 6.49. The normalized spacial score (nSPS) is 10.8. The average molecular weight is 999 g/mol. The molecule has 0 unspecified atom stereocenters. The molecule has 7 rings (SSSR count). The predicted molar refractivity (Wildman–Crippen MR) is 244 cm³/mol. The first-order chi connectivity index (χ1) is 24.2. The second-order valence-electron chi connectivity index (χ2n) is 11.2. The van der Waals surface area contributed by atoms with Crippen molar-refractivity contribution in [3.63, 3.8) is 0 Å². The van der Waals surface area contributed by atoms with Crippen LogP contribution in [-0.2, 0) is 0 Å².